The van der Waals surface area contributed by atoms with Gasteiger partial charge in [-0.05, 0) is 31.4 Å². The molecule has 0 unspecified atom stereocenters. The van der Waals surface area contributed by atoms with Crippen LogP contribution in [0.1, 0.15) is 28.1 Å². The van der Waals surface area contributed by atoms with Crippen LogP contribution in [0.5, 0.6) is 0 Å². The van der Waals surface area contributed by atoms with Crippen LogP contribution in [0.3, 0.4) is 0 Å². The van der Waals surface area contributed by atoms with Crippen molar-refractivity contribution in [3.63, 3.8) is 0 Å². The van der Waals surface area contributed by atoms with Gasteiger partial charge in [-0.15, -0.1) is 11.3 Å². The van der Waals surface area contributed by atoms with Crippen molar-refractivity contribution in [3.8, 4) is 0 Å². The summed E-state index contributed by atoms with van der Waals surface area (Å²) in [4.78, 5) is 18.7. The van der Waals surface area contributed by atoms with Crippen molar-refractivity contribution in [2.75, 3.05) is 23.7 Å². The molecule has 4 N–H and O–H groups in total. The van der Waals surface area contributed by atoms with E-state index in [-0.39, 0.29) is 11.0 Å². The third kappa shape index (κ3) is 2.43. The largest absolute Gasteiger partial charge is 0.477 e. The summed E-state index contributed by atoms with van der Waals surface area (Å²) in [5.74, 6) is -0.192. The Hall–Kier alpha value is -1.86. The van der Waals surface area contributed by atoms with Gasteiger partial charge in [0.15, 0.2) is 0 Å². The Morgan fingerprint density at radius 3 is 2.76 bits per heavy atom. The first-order valence-electron chi connectivity index (χ1n) is 6.83. The number of aromatic nitrogens is 1. The molecule has 0 amide bonds. The number of aliphatic hydroxyl groups is 1. The van der Waals surface area contributed by atoms with Gasteiger partial charge in [-0.3, -0.25) is 0 Å². The number of aromatic carboxylic acids is 1. The van der Waals surface area contributed by atoms with E-state index in [4.69, 9.17) is 10.8 Å². The molecule has 2 aromatic rings. The summed E-state index contributed by atoms with van der Waals surface area (Å²) in [7, 11) is 0. The average molecular weight is 307 g/mol. The van der Waals surface area contributed by atoms with E-state index in [1.807, 2.05) is 13.0 Å². The van der Waals surface area contributed by atoms with Gasteiger partial charge in [0.1, 0.15) is 15.5 Å². The summed E-state index contributed by atoms with van der Waals surface area (Å²) in [6, 6.07) is 1.94. The van der Waals surface area contributed by atoms with E-state index in [0.29, 0.717) is 10.5 Å². The first-order chi connectivity index (χ1) is 9.97. The number of nitrogen functional groups attached to an aromatic ring is 1. The zero-order chi connectivity index (χ0) is 15.1. The molecule has 21 heavy (non-hydrogen) atoms. The highest BCUT2D eigenvalue weighted by Crippen LogP contribution is 2.36. The average Bonchev–Trinajstić information content (AvgIpc) is 2.77. The lowest BCUT2D eigenvalue weighted by atomic mass is 10.1. The number of fused-ring (bicyclic) bond motifs is 1. The quantitative estimate of drug-likeness (QED) is 0.783. The summed E-state index contributed by atoms with van der Waals surface area (Å²) >= 11 is 1.11. The fraction of sp³-hybridized carbons (Fsp3) is 0.429. The predicted octanol–water partition coefficient (Wildman–Crippen LogP) is 1.85. The third-order valence-electron chi connectivity index (χ3n) is 3.87. The maximum Gasteiger partial charge on any atom is 0.348 e. The molecule has 0 radical (unpaired) electrons. The molecule has 7 heteroatoms. The van der Waals surface area contributed by atoms with Gasteiger partial charge in [0.2, 0.25) is 0 Å². The van der Waals surface area contributed by atoms with Crippen molar-refractivity contribution in [1.82, 2.24) is 4.98 Å². The number of thiophene rings is 1. The molecule has 0 atom stereocenters. The zero-order valence-corrected chi connectivity index (χ0v) is 12.5. The molecule has 0 saturated carbocycles. The Morgan fingerprint density at radius 2 is 2.14 bits per heavy atom. The number of carboxylic acid groups (broad SMARTS) is 1. The molecular formula is C14H17N3O3S. The lowest BCUT2D eigenvalue weighted by Gasteiger charge is -2.30. The Morgan fingerprint density at radius 1 is 1.48 bits per heavy atom. The summed E-state index contributed by atoms with van der Waals surface area (Å²) in [6.07, 6.45) is 1.22. The molecule has 1 aliphatic rings. The fourth-order valence-corrected chi connectivity index (χ4v) is 3.71. The summed E-state index contributed by atoms with van der Waals surface area (Å²) in [5.41, 5.74) is 7.16. The molecule has 1 fully saturated rings. The Balaban J connectivity index is 2.05. The molecule has 0 aliphatic carbocycles. The summed E-state index contributed by atoms with van der Waals surface area (Å²) in [5, 5.41) is 19.5. The van der Waals surface area contributed by atoms with Crippen LogP contribution in [0.25, 0.3) is 10.2 Å². The number of carbonyl (C=O) groups is 1. The number of hydrogen-bond acceptors (Lipinski definition) is 6. The minimum atomic E-state index is -1.02. The van der Waals surface area contributed by atoms with Crippen LogP contribution >= 0.6 is 11.3 Å². The second kappa shape index (κ2) is 5.16. The van der Waals surface area contributed by atoms with Crippen LogP contribution in [-0.2, 0) is 0 Å². The molecule has 0 spiro atoms. The molecule has 0 bridgehead atoms. The van der Waals surface area contributed by atoms with E-state index in [0.717, 1.165) is 54.0 Å². The van der Waals surface area contributed by atoms with E-state index in [2.05, 4.69) is 9.88 Å². The molecule has 1 aliphatic heterocycles. The fourth-order valence-electron chi connectivity index (χ4n) is 2.71. The van der Waals surface area contributed by atoms with Crippen molar-refractivity contribution >= 4 is 39.0 Å². The van der Waals surface area contributed by atoms with E-state index in [9.17, 15) is 9.90 Å². The van der Waals surface area contributed by atoms with E-state index < -0.39 is 5.97 Å². The maximum atomic E-state index is 11.2. The van der Waals surface area contributed by atoms with Crippen molar-refractivity contribution in [2.24, 2.45) is 0 Å². The SMILES string of the molecule is Cc1cc(N2CCC(O)CC2)nc2sc(C(=O)O)c(N)c12. The van der Waals surface area contributed by atoms with Gasteiger partial charge in [0.05, 0.1) is 11.8 Å². The van der Waals surface area contributed by atoms with Crippen molar-refractivity contribution in [1.29, 1.82) is 0 Å². The minimum absolute atomic E-state index is 0.145. The van der Waals surface area contributed by atoms with Gasteiger partial charge in [0, 0.05) is 18.5 Å². The molecule has 0 aromatic carbocycles. The van der Waals surface area contributed by atoms with E-state index in [1.165, 1.54) is 0 Å². The van der Waals surface area contributed by atoms with Crippen LogP contribution in [0, 0.1) is 6.92 Å². The smallest absolute Gasteiger partial charge is 0.348 e. The number of anilines is 2. The number of aryl methyl sites for hydroxylation is 1. The van der Waals surface area contributed by atoms with Crippen LogP contribution in [0.2, 0.25) is 0 Å². The van der Waals surface area contributed by atoms with Crippen molar-refractivity contribution in [3.05, 3.63) is 16.5 Å². The van der Waals surface area contributed by atoms with Crippen LogP contribution < -0.4 is 10.6 Å². The number of hydrogen-bond donors (Lipinski definition) is 3. The first-order valence-corrected chi connectivity index (χ1v) is 7.65. The van der Waals surface area contributed by atoms with Crippen LogP contribution in [0.15, 0.2) is 6.07 Å². The number of carboxylic acids is 1. The Kier molecular flexibility index (Phi) is 3.46. The highest BCUT2D eigenvalue weighted by Gasteiger charge is 2.22. The van der Waals surface area contributed by atoms with Gasteiger partial charge in [0.25, 0.3) is 0 Å². The maximum absolute atomic E-state index is 11.2. The highest BCUT2D eigenvalue weighted by atomic mass is 32.1. The van der Waals surface area contributed by atoms with Gasteiger partial charge in [-0.2, -0.15) is 0 Å². The summed E-state index contributed by atoms with van der Waals surface area (Å²) < 4.78 is 0. The number of piperidine rings is 1. The molecule has 3 heterocycles. The van der Waals surface area contributed by atoms with E-state index >= 15 is 0 Å². The zero-order valence-electron chi connectivity index (χ0n) is 11.7. The standard InChI is InChI=1S/C14H17N3O3S/c1-7-6-9(17-4-2-8(18)3-5-17)16-13-10(7)11(15)12(21-13)14(19)20/h6,8,18H,2-5,15H2,1H3,(H,19,20). The van der Waals surface area contributed by atoms with Crippen molar-refractivity contribution < 1.29 is 15.0 Å². The lowest BCUT2D eigenvalue weighted by molar-refractivity contribution is 0.0703. The number of nitrogens with two attached hydrogens (primary N) is 1. The van der Waals surface area contributed by atoms with Crippen LogP contribution in [-0.4, -0.2) is 40.4 Å². The minimum Gasteiger partial charge on any atom is -0.477 e. The van der Waals surface area contributed by atoms with Crippen molar-refractivity contribution in [2.45, 2.75) is 25.9 Å². The number of rotatable bonds is 2. The highest BCUT2D eigenvalue weighted by molar-refractivity contribution is 7.21. The number of pyridine rings is 1. The van der Waals surface area contributed by atoms with Gasteiger partial charge in [-0.25, -0.2) is 9.78 Å². The normalized spacial score (nSPS) is 16.6. The lowest BCUT2D eigenvalue weighted by Crippen LogP contribution is -2.36. The van der Waals surface area contributed by atoms with Crippen LogP contribution in [0.4, 0.5) is 11.5 Å². The second-order valence-corrected chi connectivity index (χ2v) is 6.34. The van der Waals surface area contributed by atoms with Gasteiger partial charge < -0.3 is 20.8 Å². The Labute approximate surface area is 125 Å². The number of nitrogens with zero attached hydrogens (tertiary/aromatic N) is 2. The predicted molar refractivity (Wildman–Crippen MR) is 83.2 cm³/mol. The monoisotopic (exact) mass is 307 g/mol. The molecule has 6 nitrogen and oxygen atoms in total. The second-order valence-electron chi connectivity index (χ2n) is 5.35. The van der Waals surface area contributed by atoms with E-state index in [1.54, 1.807) is 0 Å². The first kappa shape index (κ1) is 14.1. The summed E-state index contributed by atoms with van der Waals surface area (Å²) in [6.45, 7) is 3.43. The molecular weight excluding hydrogens is 290 g/mol. The van der Waals surface area contributed by atoms with Gasteiger partial charge >= 0.3 is 5.97 Å². The molecule has 112 valence electrons. The number of aliphatic hydroxyl groups excluding tert-OH is 1. The third-order valence-corrected chi connectivity index (χ3v) is 4.95. The molecule has 3 rings (SSSR count). The van der Waals surface area contributed by atoms with Gasteiger partial charge in [-0.1, -0.05) is 0 Å². The Bertz CT molecular complexity index is 705. The topological polar surface area (TPSA) is 99.7 Å². The molecule has 2 aromatic heterocycles. The molecule has 1 saturated heterocycles.